The van der Waals surface area contributed by atoms with Crippen LogP contribution in [0.5, 0.6) is 0 Å². The van der Waals surface area contributed by atoms with Gasteiger partial charge in [-0.2, -0.15) is 0 Å². The second kappa shape index (κ2) is 4.74. The fraction of sp³-hybridized carbons (Fsp3) is 0.188. The van der Waals surface area contributed by atoms with Crippen molar-refractivity contribution in [3.8, 4) is 0 Å². The van der Waals surface area contributed by atoms with Crippen molar-refractivity contribution in [2.24, 2.45) is 0 Å². The SMILES string of the molecule is c1ccc(C2NNCC2c2nc3ccccc3[nH]2)cc1. The maximum absolute atomic E-state index is 4.73. The summed E-state index contributed by atoms with van der Waals surface area (Å²) in [5, 5.41) is 0. The molecule has 0 spiro atoms. The summed E-state index contributed by atoms with van der Waals surface area (Å²) in [7, 11) is 0. The quantitative estimate of drug-likeness (QED) is 0.666. The third-order valence-corrected chi connectivity index (χ3v) is 3.90. The van der Waals surface area contributed by atoms with Gasteiger partial charge in [0.05, 0.1) is 23.0 Å². The van der Waals surface area contributed by atoms with E-state index in [0.29, 0.717) is 5.92 Å². The summed E-state index contributed by atoms with van der Waals surface area (Å²) < 4.78 is 0. The zero-order valence-corrected chi connectivity index (χ0v) is 11.0. The summed E-state index contributed by atoms with van der Waals surface area (Å²) in [6.45, 7) is 0.874. The maximum atomic E-state index is 4.73. The first-order valence-corrected chi connectivity index (χ1v) is 6.90. The van der Waals surface area contributed by atoms with Gasteiger partial charge in [-0.1, -0.05) is 42.5 Å². The number of imidazole rings is 1. The molecule has 0 amide bonds. The van der Waals surface area contributed by atoms with Crippen LogP contribution in [0.2, 0.25) is 0 Å². The van der Waals surface area contributed by atoms with Crippen LogP contribution < -0.4 is 10.9 Å². The van der Waals surface area contributed by atoms with Crippen molar-refractivity contribution in [3.05, 3.63) is 66.0 Å². The van der Waals surface area contributed by atoms with Gasteiger partial charge < -0.3 is 4.98 Å². The Hall–Kier alpha value is -2.17. The monoisotopic (exact) mass is 264 g/mol. The average molecular weight is 264 g/mol. The lowest BCUT2D eigenvalue weighted by molar-refractivity contribution is 0.544. The van der Waals surface area contributed by atoms with Crippen molar-refractivity contribution >= 4 is 11.0 Å². The largest absolute Gasteiger partial charge is 0.342 e. The van der Waals surface area contributed by atoms with Crippen LogP contribution in [0.15, 0.2) is 54.6 Å². The molecule has 1 aromatic heterocycles. The summed E-state index contributed by atoms with van der Waals surface area (Å²) in [5.74, 6) is 1.35. The van der Waals surface area contributed by atoms with Gasteiger partial charge in [0.15, 0.2) is 0 Å². The Labute approximate surface area is 117 Å². The van der Waals surface area contributed by atoms with Crippen LogP contribution in [0, 0.1) is 0 Å². The molecule has 0 aliphatic carbocycles. The minimum Gasteiger partial charge on any atom is -0.342 e. The Balaban J connectivity index is 1.73. The number of rotatable bonds is 2. The predicted octanol–water partition coefficient (Wildman–Crippen LogP) is 2.50. The Kier molecular flexibility index (Phi) is 2.76. The maximum Gasteiger partial charge on any atom is 0.113 e. The molecule has 1 saturated heterocycles. The Morgan fingerprint density at radius 1 is 0.950 bits per heavy atom. The number of fused-ring (bicyclic) bond motifs is 1. The molecule has 4 nitrogen and oxygen atoms in total. The molecular weight excluding hydrogens is 248 g/mol. The van der Waals surface area contributed by atoms with E-state index in [2.05, 4.69) is 46.2 Å². The van der Waals surface area contributed by atoms with Crippen LogP contribution in [0.1, 0.15) is 23.3 Å². The molecule has 0 radical (unpaired) electrons. The summed E-state index contributed by atoms with van der Waals surface area (Å²) in [4.78, 5) is 8.18. The summed E-state index contributed by atoms with van der Waals surface area (Å²) in [5.41, 5.74) is 10.0. The number of hydrogen-bond donors (Lipinski definition) is 3. The molecular formula is C16H16N4. The van der Waals surface area contributed by atoms with Crippen molar-refractivity contribution in [1.29, 1.82) is 0 Å². The minimum atomic E-state index is 0.247. The summed E-state index contributed by atoms with van der Waals surface area (Å²) in [6.07, 6.45) is 0. The van der Waals surface area contributed by atoms with Crippen molar-refractivity contribution in [2.45, 2.75) is 12.0 Å². The number of benzene rings is 2. The smallest absolute Gasteiger partial charge is 0.113 e. The number of nitrogens with zero attached hydrogens (tertiary/aromatic N) is 1. The molecule has 2 aromatic carbocycles. The van der Waals surface area contributed by atoms with Gasteiger partial charge in [-0.05, 0) is 17.7 Å². The van der Waals surface area contributed by atoms with Crippen molar-refractivity contribution in [1.82, 2.24) is 20.8 Å². The number of hydrogen-bond acceptors (Lipinski definition) is 3. The average Bonchev–Trinajstić information content (AvgIpc) is 3.14. The van der Waals surface area contributed by atoms with E-state index >= 15 is 0 Å². The third kappa shape index (κ3) is 1.90. The zero-order valence-electron chi connectivity index (χ0n) is 11.0. The first-order valence-electron chi connectivity index (χ1n) is 6.90. The predicted molar refractivity (Wildman–Crippen MR) is 79.2 cm³/mol. The van der Waals surface area contributed by atoms with Gasteiger partial charge in [0.25, 0.3) is 0 Å². The van der Waals surface area contributed by atoms with Crippen LogP contribution in [0.3, 0.4) is 0 Å². The highest BCUT2D eigenvalue weighted by Crippen LogP contribution is 2.32. The summed E-state index contributed by atoms with van der Waals surface area (Å²) >= 11 is 0. The van der Waals surface area contributed by atoms with Gasteiger partial charge in [0.1, 0.15) is 5.82 Å². The second-order valence-corrected chi connectivity index (χ2v) is 5.16. The molecule has 0 bridgehead atoms. The van der Waals surface area contributed by atoms with E-state index < -0.39 is 0 Å². The van der Waals surface area contributed by atoms with Crippen molar-refractivity contribution < 1.29 is 0 Å². The second-order valence-electron chi connectivity index (χ2n) is 5.16. The Morgan fingerprint density at radius 2 is 1.75 bits per heavy atom. The topological polar surface area (TPSA) is 52.7 Å². The molecule has 1 aliphatic heterocycles. The highest BCUT2D eigenvalue weighted by molar-refractivity contribution is 5.74. The first kappa shape index (κ1) is 11.6. The zero-order chi connectivity index (χ0) is 13.4. The van der Waals surface area contributed by atoms with Crippen LogP contribution in [0.4, 0.5) is 0 Å². The molecule has 3 N–H and O–H groups in total. The van der Waals surface area contributed by atoms with E-state index in [1.165, 1.54) is 5.56 Å². The van der Waals surface area contributed by atoms with E-state index in [1.807, 2.05) is 24.3 Å². The third-order valence-electron chi connectivity index (χ3n) is 3.90. The van der Waals surface area contributed by atoms with Gasteiger partial charge >= 0.3 is 0 Å². The molecule has 2 unspecified atom stereocenters. The number of H-pyrrole nitrogens is 1. The lowest BCUT2D eigenvalue weighted by atomic mass is 9.94. The van der Waals surface area contributed by atoms with Gasteiger partial charge in [-0.25, -0.2) is 10.4 Å². The number of aromatic amines is 1. The van der Waals surface area contributed by atoms with E-state index in [0.717, 1.165) is 23.4 Å². The van der Waals surface area contributed by atoms with Gasteiger partial charge in [-0.15, -0.1) is 0 Å². The molecule has 4 heteroatoms. The number of nitrogens with one attached hydrogen (secondary N) is 3. The molecule has 4 rings (SSSR count). The highest BCUT2D eigenvalue weighted by Gasteiger charge is 2.31. The molecule has 2 atom stereocenters. The van der Waals surface area contributed by atoms with Crippen molar-refractivity contribution in [3.63, 3.8) is 0 Å². The molecule has 100 valence electrons. The Bertz CT molecular complexity index is 686. The molecule has 20 heavy (non-hydrogen) atoms. The van der Waals surface area contributed by atoms with E-state index in [4.69, 9.17) is 4.98 Å². The van der Waals surface area contributed by atoms with E-state index in [1.54, 1.807) is 0 Å². The number of aromatic nitrogens is 2. The molecule has 0 saturated carbocycles. The lowest BCUT2D eigenvalue weighted by Gasteiger charge is -2.16. The van der Waals surface area contributed by atoms with E-state index in [-0.39, 0.29) is 6.04 Å². The molecule has 3 aromatic rings. The van der Waals surface area contributed by atoms with E-state index in [9.17, 15) is 0 Å². The van der Waals surface area contributed by atoms with Crippen LogP contribution >= 0.6 is 0 Å². The van der Waals surface area contributed by atoms with Crippen LogP contribution in [-0.4, -0.2) is 16.5 Å². The highest BCUT2D eigenvalue weighted by atomic mass is 15.4. The lowest BCUT2D eigenvalue weighted by Crippen LogP contribution is -2.24. The van der Waals surface area contributed by atoms with Gasteiger partial charge in [0, 0.05) is 6.54 Å². The number of hydrazine groups is 1. The standard InChI is InChI=1S/C16H16N4/c1-2-6-11(7-3-1)15-12(10-17-20-15)16-18-13-8-4-5-9-14(13)19-16/h1-9,12,15,17,20H,10H2,(H,18,19). The molecule has 2 heterocycles. The summed E-state index contributed by atoms with van der Waals surface area (Å²) in [6, 6.07) is 18.9. The Morgan fingerprint density at radius 3 is 2.60 bits per heavy atom. The van der Waals surface area contributed by atoms with Crippen LogP contribution in [-0.2, 0) is 0 Å². The van der Waals surface area contributed by atoms with Gasteiger partial charge in [0.2, 0.25) is 0 Å². The molecule has 1 aliphatic rings. The van der Waals surface area contributed by atoms with Crippen LogP contribution in [0.25, 0.3) is 11.0 Å². The fourth-order valence-electron chi connectivity index (χ4n) is 2.88. The van der Waals surface area contributed by atoms with Crippen molar-refractivity contribution in [2.75, 3.05) is 6.54 Å². The van der Waals surface area contributed by atoms with Gasteiger partial charge in [-0.3, -0.25) is 5.43 Å². The fourth-order valence-corrected chi connectivity index (χ4v) is 2.88. The normalized spacial score (nSPS) is 22.4. The minimum absolute atomic E-state index is 0.247. The molecule has 1 fully saturated rings. The number of para-hydroxylation sites is 2. The first-order chi connectivity index (χ1) is 9.92.